The number of hydrogen-bond acceptors (Lipinski definition) is 6. The molecule has 1 amide bonds. The number of rotatable bonds is 6. The van der Waals surface area contributed by atoms with Gasteiger partial charge in [0.1, 0.15) is 5.82 Å². The maximum atomic E-state index is 12.5. The van der Waals surface area contributed by atoms with Gasteiger partial charge in [-0.3, -0.25) is 4.79 Å². The summed E-state index contributed by atoms with van der Waals surface area (Å²) in [5.74, 6) is -1.01. The van der Waals surface area contributed by atoms with Gasteiger partial charge in [0.25, 0.3) is 5.91 Å². The molecule has 29 heavy (non-hydrogen) atoms. The predicted molar refractivity (Wildman–Crippen MR) is 107 cm³/mol. The summed E-state index contributed by atoms with van der Waals surface area (Å²) in [7, 11) is -3.55. The first-order valence-electron chi connectivity index (χ1n) is 9.01. The van der Waals surface area contributed by atoms with Crippen molar-refractivity contribution in [1.29, 1.82) is 0 Å². The smallest absolute Gasteiger partial charge is 0.338 e. The maximum absolute atomic E-state index is 12.5. The van der Waals surface area contributed by atoms with Gasteiger partial charge in [0.15, 0.2) is 6.10 Å². The number of nitrogens with one attached hydrogen (secondary N) is 1. The second kappa shape index (κ2) is 8.89. The Morgan fingerprint density at radius 3 is 2.38 bits per heavy atom. The van der Waals surface area contributed by atoms with Gasteiger partial charge in [-0.15, -0.1) is 0 Å². The zero-order valence-corrected chi connectivity index (χ0v) is 17.2. The lowest BCUT2D eigenvalue weighted by Crippen LogP contribution is -2.30. The van der Waals surface area contributed by atoms with Gasteiger partial charge in [-0.1, -0.05) is 11.6 Å². The van der Waals surface area contributed by atoms with Gasteiger partial charge in [0.2, 0.25) is 10.0 Å². The fraction of sp³-hybridized carbons (Fsp3) is 0.316. The molecule has 1 aromatic heterocycles. The second-order valence-electron chi connectivity index (χ2n) is 6.53. The lowest BCUT2D eigenvalue weighted by atomic mass is 10.2. The number of esters is 1. The van der Waals surface area contributed by atoms with E-state index in [1.165, 1.54) is 47.8 Å². The van der Waals surface area contributed by atoms with Gasteiger partial charge in [-0.05, 0) is 56.2 Å². The fourth-order valence-corrected chi connectivity index (χ4v) is 4.43. The Hall–Kier alpha value is -2.49. The molecule has 1 atom stereocenters. The molecule has 1 fully saturated rings. The van der Waals surface area contributed by atoms with E-state index in [-0.39, 0.29) is 16.3 Å². The fourth-order valence-electron chi connectivity index (χ4n) is 2.80. The molecule has 0 aliphatic carbocycles. The minimum atomic E-state index is -3.55. The predicted octanol–water partition coefficient (Wildman–Crippen LogP) is 2.70. The number of ether oxygens (including phenoxy) is 1. The Kier molecular flexibility index (Phi) is 6.51. The van der Waals surface area contributed by atoms with Crippen LogP contribution in [0.5, 0.6) is 0 Å². The minimum Gasteiger partial charge on any atom is -0.449 e. The van der Waals surface area contributed by atoms with E-state index in [1.807, 2.05) is 0 Å². The molecule has 10 heteroatoms. The topological polar surface area (TPSA) is 106 Å². The highest BCUT2D eigenvalue weighted by Gasteiger charge is 2.27. The van der Waals surface area contributed by atoms with Crippen molar-refractivity contribution in [2.45, 2.75) is 30.8 Å². The number of carbonyl (C=O) groups excluding carboxylic acids is 2. The molecule has 0 unspecified atom stereocenters. The molecular formula is C19H20ClN3O5S. The van der Waals surface area contributed by atoms with Crippen LogP contribution in [0.25, 0.3) is 0 Å². The third kappa shape index (κ3) is 5.11. The number of sulfonamides is 1. The number of benzene rings is 1. The second-order valence-corrected chi connectivity index (χ2v) is 8.91. The van der Waals surface area contributed by atoms with Gasteiger partial charge < -0.3 is 10.1 Å². The Balaban J connectivity index is 1.61. The van der Waals surface area contributed by atoms with Crippen LogP contribution in [0.3, 0.4) is 0 Å². The molecule has 1 aromatic carbocycles. The van der Waals surface area contributed by atoms with Crippen LogP contribution in [0.4, 0.5) is 5.82 Å². The van der Waals surface area contributed by atoms with Crippen molar-refractivity contribution in [2.75, 3.05) is 18.4 Å². The lowest BCUT2D eigenvalue weighted by Gasteiger charge is -2.16. The summed E-state index contributed by atoms with van der Waals surface area (Å²) in [5.41, 5.74) is 0.148. The number of amides is 1. The number of nitrogens with zero attached hydrogens (tertiary/aromatic N) is 2. The molecule has 0 bridgehead atoms. The molecule has 154 valence electrons. The summed E-state index contributed by atoms with van der Waals surface area (Å²) in [5, 5.41) is 2.94. The van der Waals surface area contributed by atoms with E-state index in [0.717, 1.165) is 12.8 Å². The van der Waals surface area contributed by atoms with Crippen LogP contribution in [0, 0.1) is 0 Å². The van der Waals surface area contributed by atoms with Crippen molar-refractivity contribution < 1.29 is 22.7 Å². The van der Waals surface area contributed by atoms with Crippen molar-refractivity contribution >= 4 is 39.3 Å². The first kappa shape index (κ1) is 21.2. The number of carbonyl (C=O) groups is 2. The molecule has 0 saturated carbocycles. The van der Waals surface area contributed by atoms with Gasteiger partial charge in [-0.25, -0.2) is 18.2 Å². The van der Waals surface area contributed by atoms with Crippen LogP contribution in [0.2, 0.25) is 5.02 Å². The third-order valence-electron chi connectivity index (χ3n) is 4.42. The van der Waals surface area contributed by atoms with Crippen molar-refractivity contribution in [1.82, 2.24) is 9.29 Å². The van der Waals surface area contributed by atoms with E-state index in [9.17, 15) is 18.0 Å². The van der Waals surface area contributed by atoms with E-state index in [0.29, 0.717) is 18.1 Å². The number of hydrogen-bond donors (Lipinski definition) is 1. The highest BCUT2D eigenvalue weighted by Crippen LogP contribution is 2.21. The Morgan fingerprint density at radius 1 is 1.14 bits per heavy atom. The summed E-state index contributed by atoms with van der Waals surface area (Å²) in [6.07, 6.45) is 1.99. The van der Waals surface area contributed by atoms with Crippen LogP contribution in [-0.4, -0.2) is 48.8 Å². The van der Waals surface area contributed by atoms with Gasteiger partial charge in [0, 0.05) is 19.3 Å². The summed E-state index contributed by atoms with van der Waals surface area (Å²) in [6.45, 7) is 2.43. The largest absolute Gasteiger partial charge is 0.449 e. The molecule has 1 aliphatic rings. The molecule has 2 aromatic rings. The van der Waals surface area contributed by atoms with Crippen LogP contribution in [0.1, 0.15) is 30.1 Å². The van der Waals surface area contributed by atoms with Gasteiger partial charge >= 0.3 is 5.97 Å². The normalized spacial score (nSPS) is 15.7. The van der Waals surface area contributed by atoms with Crippen LogP contribution in [0.15, 0.2) is 47.5 Å². The average Bonchev–Trinajstić information content (AvgIpc) is 3.25. The Bertz CT molecular complexity index is 988. The van der Waals surface area contributed by atoms with E-state index < -0.39 is 28.0 Å². The molecule has 1 saturated heterocycles. The highest BCUT2D eigenvalue weighted by molar-refractivity contribution is 7.89. The molecule has 1 N–H and O–H groups in total. The molecule has 3 rings (SSSR count). The SMILES string of the molecule is C[C@H](OC(=O)c1ccc(S(=O)(=O)N2CCCC2)cc1)C(=O)Nc1ccc(Cl)cn1. The summed E-state index contributed by atoms with van der Waals surface area (Å²) in [6, 6.07) is 8.57. The monoisotopic (exact) mass is 437 g/mol. The molecule has 0 spiro atoms. The number of halogens is 1. The Labute approximate surface area is 173 Å². The molecule has 0 radical (unpaired) electrons. The van der Waals surface area contributed by atoms with Crippen LogP contribution in [-0.2, 0) is 19.6 Å². The summed E-state index contributed by atoms with van der Waals surface area (Å²) >= 11 is 5.74. The zero-order chi connectivity index (χ0) is 21.0. The van der Waals surface area contributed by atoms with Gasteiger partial charge in [0.05, 0.1) is 15.5 Å². The van der Waals surface area contributed by atoms with E-state index >= 15 is 0 Å². The standard InChI is InChI=1S/C19H20ClN3O5S/c1-13(18(24)22-17-9-6-15(20)12-21-17)28-19(25)14-4-7-16(8-5-14)29(26,27)23-10-2-3-11-23/h4-9,12-13H,2-3,10-11H2,1H3,(H,21,22,24)/t13-/m0/s1. The van der Waals surface area contributed by atoms with Crippen molar-refractivity contribution in [3.05, 3.63) is 53.2 Å². The third-order valence-corrected chi connectivity index (χ3v) is 6.56. The van der Waals surface area contributed by atoms with E-state index in [2.05, 4.69) is 10.3 Å². The number of pyridine rings is 1. The lowest BCUT2D eigenvalue weighted by molar-refractivity contribution is -0.123. The molecular weight excluding hydrogens is 418 g/mol. The first-order chi connectivity index (χ1) is 13.8. The summed E-state index contributed by atoms with van der Waals surface area (Å²) < 4.78 is 31.6. The molecule has 8 nitrogen and oxygen atoms in total. The van der Waals surface area contributed by atoms with E-state index in [4.69, 9.17) is 16.3 Å². The highest BCUT2D eigenvalue weighted by atomic mass is 35.5. The quantitative estimate of drug-likeness (QED) is 0.696. The zero-order valence-electron chi connectivity index (χ0n) is 15.7. The van der Waals surface area contributed by atoms with Crippen LogP contribution < -0.4 is 5.32 Å². The van der Waals surface area contributed by atoms with Crippen molar-refractivity contribution in [2.24, 2.45) is 0 Å². The van der Waals surface area contributed by atoms with Crippen LogP contribution >= 0.6 is 11.6 Å². The van der Waals surface area contributed by atoms with Crippen molar-refractivity contribution in [3.63, 3.8) is 0 Å². The maximum Gasteiger partial charge on any atom is 0.338 e. The number of aromatic nitrogens is 1. The number of anilines is 1. The first-order valence-corrected chi connectivity index (χ1v) is 10.8. The van der Waals surface area contributed by atoms with E-state index in [1.54, 1.807) is 6.07 Å². The Morgan fingerprint density at radius 2 is 1.79 bits per heavy atom. The average molecular weight is 438 g/mol. The van der Waals surface area contributed by atoms with Gasteiger partial charge in [-0.2, -0.15) is 4.31 Å². The summed E-state index contributed by atoms with van der Waals surface area (Å²) in [4.78, 5) is 28.5. The molecule has 1 aliphatic heterocycles. The minimum absolute atomic E-state index is 0.121. The molecule has 2 heterocycles. The van der Waals surface area contributed by atoms with Crippen molar-refractivity contribution in [3.8, 4) is 0 Å².